The summed E-state index contributed by atoms with van der Waals surface area (Å²) >= 11 is 0. The van der Waals surface area contributed by atoms with Crippen molar-refractivity contribution in [3.8, 4) is 22.3 Å². The summed E-state index contributed by atoms with van der Waals surface area (Å²) in [5.41, 5.74) is 18.2. The van der Waals surface area contributed by atoms with Gasteiger partial charge in [-0.05, 0) is 130 Å². The van der Waals surface area contributed by atoms with E-state index in [9.17, 15) is 0 Å². The van der Waals surface area contributed by atoms with E-state index in [0.717, 1.165) is 45.3 Å². The van der Waals surface area contributed by atoms with Crippen molar-refractivity contribution in [1.82, 2.24) is 0 Å². The molecule has 0 aromatic heterocycles. The van der Waals surface area contributed by atoms with Crippen LogP contribution in [0.15, 0.2) is 200 Å². The van der Waals surface area contributed by atoms with Gasteiger partial charge in [-0.3, -0.25) is 0 Å². The first-order valence-corrected chi connectivity index (χ1v) is 19.4. The Morgan fingerprint density at radius 1 is 0.357 bits per heavy atom. The van der Waals surface area contributed by atoms with Crippen molar-refractivity contribution in [2.24, 2.45) is 0 Å². The maximum atomic E-state index is 2.40. The number of hydrogen-bond acceptors (Lipinski definition) is 2. The second kappa shape index (κ2) is 14.7. The predicted octanol–water partition coefficient (Wildman–Crippen LogP) is 15.1. The zero-order chi connectivity index (χ0) is 38.1. The van der Waals surface area contributed by atoms with E-state index < -0.39 is 0 Å². The minimum Gasteiger partial charge on any atom is -0.311 e. The SMILES string of the molecule is Cc1cccc(N(c2ccc(/C=C/c3ccc(-c4ccc(N(c5ccccc5)c5ccccc5)cc4)cc3)cc2)c2ccc3c(c2)C(C)(C)c2ccccc2-3)c1. The molecule has 270 valence electrons. The van der Waals surface area contributed by atoms with Gasteiger partial charge in [-0.15, -0.1) is 0 Å². The highest BCUT2D eigenvalue weighted by molar-refractivity contribution is 5.86. The number of anilines is 6. The molecule has 0 fully saturated rings. The monoisotopic (exact) mass is 720 g/mol. The van der Waals surface area contributed by atoms with Gasteiger partial charge < -0.3 is 9.80 Å². The third-order valence-corrected chi connectivity index (χ3v) is 11.1. The van der Waals surface area contributed by atoms with Gasteiger partial charge in [-0.1, -0.05) is 153 Å². The van der Waals surface area contributed by atoms with Gasteiger partial charge in [0.25, 0.3) is 0 Å². The molecule has 1 aliphatic rings. The van der Waals surface area contributed by atoms with E-state index >= 15 is 0 Å². The van der Waals surface area contributed by atoms with Crippen molar-refractivity contribution < 1.29 is 0 Å². The summed E-state index contributed by atoms with van der Waals surface area (Å²) in [7, 11) is 0. The molecule has 8 aromatic rings. The number of para-hydroxylation sites is 2. The van der Waals surface area contributed by atoms with E-state index in [4.69, 9.17) is 0 Å². The molecule has 0 aliphatic heterocycles. The third-order valence-electron chi connectivity index (χ3n) is 11.1. The van der Waals surface area contributed by atoms with E-state index in [1.807, 2.05) is 0 Å². The zero-order valence-electron chi connectivity index (χ0n) is 32.1. The second-order valence-electron chi connectivity index (χ2n) is 15.2. The normalized spacial score (nSPS) is 12.6. The first-order chi connectivity index (χ1) is 27.4. The zero-order valence-corrected chi connectivity index (χ0v) is 32.1. The molecule has 0 saturated heterocycles. The van der Waals surface area contributed by atoms with Crippen LogP contribution in [-0.2, 0) is 5.41 Å². The molecule has 56 heavy (non-hydrogen) atoms. The lowest BCUT2D eigenvalue weighted by molar-refractivity contribution is 0.660. The summed E-state index contributed by atoms with van der Waals surface area (Å²) in [5, 5.41) is 0. The van der Waals surface area contributed by atoms with Crippen LogP contribution in [0.25, 0.3) is 34.4 Å². The highest BCUT2D eigenvalue weighted by Crippen LogP contribution is 2.50. The lowest BCUT2D eigenvalue weighted by atomic mass is 9.82. The average Bonchev–Trinajstić information content (AvgIpc) is 3.47. The quantitative estimate of drug-likeness (QED) is 0.137. The van der Waals surface area contributed by atoms with E-state index in [0.29, 0.717) is 0 Å². The molecule has 1 aliphatic carbocycles. The summed E-state index contributed by atoms with van der Waals surface area (Å²) < 4.78 is 0. The van der Waals surface area contributed by atoms with Crippen molar-refractivity contribution in [3.63, 3.8) is 0 Å². The van der Waals surface area contributed by atoms with Crippen LogP contribution in [0.4, 0.5) is 34.1 Å². The Bertz CT molecular complexity index is 2600. The molecule has 0 bridgehead atoms. The molecule has 0 N–H and O–H groups in total. The molecule has 2 heteroatoms. The Morgan fingerprint density at radius 2 is 0.786 bits per heavy atom. The van der Waals surface area contributed by atoms with Crippen LogP contribution in [0.1, 0.15) is 41.7 Å². The fourth-order valence-corrected chi connectivity index (χ4v) is 8.16. The van der Waals surface area contributed by atoms with Crippen molar-refractivity contribution in [3.05, 3.63) is 228 Å². The standard InChI is InChI=1S/C54H44N2/c1-39-13-12-18-48(37-39)56(49-35-36-51-50-19-10-11-20-52(50)54(2,3)53(51)38-49)46-31-25-41(26-32-46)22-21-40-23-27-42(28-24-40)43-29-33-47(34-30-43)55(44-14-6-4-7-15-44)45-16-8-5-9-17-45/h4-38H,1-3H3/b22-21+. The minimum atomic E-state index is -0.0648. The molecule has 0 unspecified atom stereocenters. The molecule has 0 heterocycles. The van der Waals surface area contributed by atoms with Crippen molar-refractivity contribution in [1.29, 1.82) is 0 Å². The van der Waals surface area contributed by atoms with Gasteiger partial charge in [0.1, 0.15) is 0 Å². The molecular formula is C54H44N2. The lowest BCUT2D eigenvalue weighted by Gasteiger charge is -2.28. The van der Waals surface area contributed by atoms with E-state index in [2.05, 4.69) is 243 Å². The van der Waals surface area contributed by atoms with Gasteiger partial charge in [-0.2, -0.15) is 0 Å². The Kier molecular flexibility index (Phi) is 9.17. The number of benzene rings is 8. The van der Waals surface area contributed by atoms with Gasteiger partial charge in [-0.25, -0.2) is 0 Å². The van der Waals surface area contributed by atoms with Crippen LogP contribution in [0, 0.1) is 6.92 Å². The number of rotatable bonds is 9. The highest BCUT2D eigenvalue weighted by Gasteiger charge is 2.35. The maximum Gasteiger partial charge on any atom is 0.0465 e. The summed E-state index contributed by atoms with van der Waals surface area (Å²) in [6, 6.07) is 72.2. The molecule has 0 radical (unpaired) electrons. The smallest absolute Gasteiger partial charge is 0.0465 e. The number of nitrogens with zero attached hydrogens (tertiary/aromatic N) is 2. The third kappa shape index (κ3) is 6.71. The molecule has 9 rings (SSSR count). The molecule has 0 spiro atoms. The highest BCUT2D eigenvalue weighted by atomic mass is 15.1. The lowest BCUT2D eigenvalue weighted by Crippen LogP contribution is -2.16. The fourth-order valence-electron chi connectivity index (χ4n) is 8.16. The second-order valence-corrected chi connectivity index (χ2v) is 15.2. The Labute approximate surface area is 331 Å². The van der Waals surface area contributed by atoms with E-state index in [1.54, 1.807) is 0 Å². The Hall–Kier alpha value is -6.90. The van der Waals surface area contributed by atoms with Crippen LogP contribution in [-0.4, -0.2) is 0 Å². The number of hydrogen-bond donors (Lipinski definition) is 0. The molecule has 0 amide bonds. The summed E-state index contributed by atoms with van der Waals surface area (Å²) in [6.07, 6.45) is 4.39. The molecule has 2 nitrogen and oxygen atoms in total. The molecule has 0 saturated carbocycles. The molecule has 0 atom stereocenters. The topological polar surface area (TPSA) is 6.48 Å². The predicted molar refractivity (Wildman–Crippen MR) is 239 cm³/mol. The first kappa shape index (κ1) is 34.8. The Morgan fingerprint density at radius 3 is 1.39 bits per heavy atom. The van der Waals surface area contributed by atoms with Gasteiger partial charge in [0.05, 0.1) is 0 Å². The van der Waals surface area contributed by atoms with Gasteiger partial charge >= 0.3 is 0 Å². The van der Waals surface area contributed by atoms with Crippen LogP contribution in [0.5, 0.6) is 0 Å². The summed E-state index contributed by atoms with van der Waals surface area (Å²) in [4.78, 5) is 4.67. The maximum absolute atomic E-state index is 2.40. The average molecular weight is 721 g/mol. The van der Waals surface area contributed by atoms with Crippen LogP contribution in [0.2, 0.25) is 0 Å². The van der Waals surface area contributed by atoms with Gasteiger partial charge in [0, 0.05) is 39.5 Å². The van der Waals surface area contributed by atoms with Gasteiger partial charge in [0.15, 0.2) is 0 Å². The number of fused-ring (bicyclic) bond motifs is 3. The molecule has 8 aromatic carbocycles. The van der Waals surface area contributed by atoms with Crippen LogP contribution >= 0.6 is 0 Å². The Balaban J connectivity index is 0.941. The number of aryl methyl sites for hydroxylation is 1. The van der Waals surface area contributed by atoms with Crippen LogP contribution < -0.4 is 9.80 Å². The molecular weight excluding hydrogens is 677 g/mol. The van der Waals surface area contributed by atoms with Crippen molar-refractivity contribution in [2.75, 3.05) is 9.80 Å². The summed E-state index contributed by atoms with van der Waals surface area (Å²) in [5.74, 6) is 0. The van der Waals surface area contributed by atoms with Crippen molar-refractivity contribution >= 4 is 46.3 Å². The summed E-state index contributed by atoms with van der Waals surface area (Å²) in [6.45, 7) is 6.85. The van der Waals surface area contributed by atoms with E-state index in [-0.39, 0.29) is 5.41 Å². The first-order valence-electron chi connectivity index (χ1n) is 19.4. The fraction of sp³-hybridized carbons (Fsp3) is 0.0741. The van der Waals surface area contributed by atoms with Crippen LogP contribution in [0.3, 0.4) is 0 Å². The largest absolute Gasteiger partial charge is 0.311 e. The van der Waals surface area contributed by atoms with Crippen molar-refractivity contribution in [2.45, 2.75) is 26.2 Å². The minimum absolute atomic E-state index is 0.0648. The van der Waals surface area contributed by atoms with E-state index in [1.165, 1.54) is 38.9 Å². The van der Waals surface area contributed by atoms with Gasteiger partial charge in [0.2, 0.25) is 0 Å².